The third-order valence-electron chi connectivity index (χ3n) is 3.23. The summed E-state index contributed by atoms with van der Waals surface area (Å²) in [5.41, 5.74) is 0. The highest BCUT2D eigenvalue weighted by Crippen LogP contribution is 2.27. The molecule has 5 heteroatoms. The first-order valence-electron chi connectivity index (χ1n) is 6.87. The first kappa shape index (κ1) is 14.8. The molecule has 0 bridgehead atoms. The lowest BCUT2D eigenvalue weighted by Crippen LogP contribution is -2.36. The van der Waals surface area contributed by atoms with E-state index in [0.29, 0.717) is 31.4 Å². The largest absolute Gasteiger partial charge is 0.493 e. The minimum atomic E-state index is -0.339. The number of carbonyl (C=O) groups excluding carboxylic acids is 1. The smallest absolute Gasteiger partial charge is 0.226 e. The van der Waals surface area contributed by atoms with Crippen molar-refractivity contribution in [2.24, 2.45) is 0 Å². The highest BCUT2D eigenvalue weighted by atomic mass is 19.1. The van der Waals surface area contributed by atoms with Gasteiger partial charge in [0.15, 0.2) is 0 Å². The van der Waals surface area contributed by atoms with Gasteiger partial charge in [-0.1, -0.05) is 6.07 Å². The van der Waals surface area contributed by atoms with E-state index in [1.807, 2.05) is 4.90 Å². The molecule has 4 nitrogen and oxygen atoms in total. The van der Waals surface area contributed by atoms with Crippen LogP contribution in [0.15, 0.2) is 24.3 Å². The Labute approximate surface area is 118 Å². The van der Waals surface area contributed by atoms with Gasteiger partial charge in [0.05, 0.1) is 19.6 Å². The minimum absolute atomic E-state index is 0.0703. The van der Waals surface area contributed by atoms with E-state index in [1.54, 1.807) is 19.2 Å². The van der Waals surface area contributed by atoms with Crippen molar-refractivity contribution in [1.82, 2.24) is 4.90 Å². The average molecular weight is 281 g/mol. The molecule has 0 radical (unpaired) electrons. The summed E-state index contributed by atoms with van der Waals surface area (Å²) >= 11 is 0. The SMILES string of the molecule is COCCN(C(=O)CCOc1cccc(F)c1)C1CC1. The molecule has 110 valence electrons. The molecule has 0 N–H and O–H groups in total. The molecule has 1 amide bonds. The van der Waals surface area contributed by atoms with Crippen LogP contribution >= 0.6 is 0 Å². The van der Waals surface area contributed by atoms with E-state index in [4.69, 9.17) is 9.47 Å². The van der Waals surface area contributed by atoms with Gasteiger partial charge in [0.25, 0.3) is 0 Å². The first-order valence-corrected chi connectivity index (χ1v) is 6.87. The van der Waals surface area contributed by atoms with Gasteiger partial charge in [0.1, 0.15) is 11.6 Å². The van der Waals surface area contributed by atoms with Gasteiger partial charge >= 0.3 is 0 Å². The maximum absolute atomic E-state index is 13.0. The molecule has 1 aromatic rings. The summed E-state index contributed by atoms with van der Waals surface area (Å²) in [7, 11) is 1.63. The monoisotopic (exact) mass is 281 g/mol. The average Bonchev–Trinajstić information content (AvgIpc) is 3.24. The summed E-state index contributed by atoms with van der Waals surface area (Å²) in [5.74, 6) is 0.183. The molecule has 1 aliphatic rings. The third kappa shape index (κ3) is 4.49. The topological polar surface area (TPSA) is 38.8 Å². The second-order valence-corrected chi connectivity index (χ2v) is 4.87. The molecule has 1 saturated carbocycles. The van der Waals surface area contributed by atoms with Crippen molar-refractivity contribution in [1.29, 1.82) is 0 Å². The van der Waals surface area contributed by atoms with Crippen LogP contribution in [0.25, 0.3) is 0 Å². The molecule has 1 aromatic carbocycles. The highest BCUT2D eigenvalue weighted by Gasteiger charge is 2.31. The quantitative estimate of drug-likeness (QED) is 0.733. The zero-order chi connectivity index (χ0) is 14.4. The molecule has 2 rings (SSSR count). The van der Waals surface area contributed by atoms with Gasteiger partial charge < -0.3 is 14.4 Å². The lowest BCUT2D eigenvalue weighted by atomic mass is 10.3. The van der Waals surface area contributed by atoms with E-state index in [-0.39, 0.29) is 18.3 Å². The fraction of sp³-hybridized carbons (Fsp3) is 0.533. The number of ether oxygens (including phenoxy) is 2. The standard InChI is InChI=1S/C15H20FNO3/c1-19-10-8-17(13-5-6-13)15(18)7-9-20-14-4-2-3-12(16)11-14/h2-4,11,13H,5-10H2,1H3. The van der Waals surface area contributed by atoms with Crippen LogP contribution < -0.4 is 4.74 Å². The summed E-state index contributed by atoms with van der Waals surface area (Å²) in [5, 5.41) is 0. The second-order valence-electron chi connectivity index (χ2n) is 4.87. The van der Waals surface area contributed by atoms with Crippen molar-refractivity contribution in [3.8, 4) is 5.75 Å². The third-order valence-corrected chi connectivity index (χ3v) is 3.23. The molecule has 0 aromatic heterocycles. The van der Waals surface area contributed by atoms with Gasteiger partial charge in [-0.15, -0.1) is 0 Å². The lowest BCUT2D eigenvalue weighted by molar-refractivity contribution is -0.132. The van der Waals surface area contributed by atoms with E-state index < -0.39 is 0 Å². The molecule has 0 spiro atoms. The molecule has 1 fully saturated rings. The van der Waals surface area contributed by atoms with Gasteiger partial charge in [-0.2, -0.15) is 0 Å². The van der Waals surface area contributed by atoms with Gasteiger partial charge in [0, 0.05) is 25.8 Å². The Hall–Kier alpha value is -1.62. The van der Waals surface area contributed by atoms with E-state index >= 15 is 0 Å². The maximum Gasteiger partial charge on any atom is 0.226 e. The zero-order valence-electron chi connectivity index (χ0n) is 11.7. The number of rotatable bonds is 8. The number of amides is 1. The van der Waals surface area contributed by atoms with E-state index in [2.05, 4.69) is 0 Å². The number of nitrogens with zero attached hydrogens (tertiary/aromatic N) is 1. The normalized spacial score (nSPS) is 14.1. The second kappa shape index (κ2) is 7.24. The Kier molecular flexibility index (Phi) is 5.35. The zero-order valence-corrected chi connectivity index (χ0v) is 11.7. The van der Waals surface area contributed by atoms with Crippen molar-refractivity contribution >= 4 is 5.91 Å². The van der Waals surface area contributed by atoms with E-state index in [0.717, 1.165) is 12.8 Å². The Balaban J connectivity index is 1.75. The van der Waals surface area contributed by atoms with Crippen LogP contribution in [0.5, 0.6) is 5.75 Å². The molecule has 20 heavy (non-hydrogen) atoms. The Morgan fingerprint density at radius 3 is 2.85 bits per heavy atom. The molecule has 0 aliphatic heterocycles. The molecule has 0 unspecified atom stereocenters. The van der Waals surface area contributed by atoms with E-state index in [1.165, 1.54) is 12.1 Å². The number of benzene rings is 1. The van der Waals surface area contributed by atoms with Crippen molar-refractivity contribution in [3.05, 3.63) is 30.1 Å². The predicted octanol–water partition coefficient (Wildman–Crippen LogP) is 2.23. The lowest BCUT2D eigenvalue weighted by Gasteiger charge is -2.22. The number of methoxy groups -OCH3 is 1. The van der Waals surface area contributed by atoms with Crippen molar-refractivity contribution in [2.45, 2.75) is 25.3 Å². The summed E-state index contributed by atoms with van der Waals surface area (Å²) in [6.07, 6.45) is 2.44. The van der Waals surface area contributed by atoms with Gasteiger partial charge in [-0.05, 0) is 25.0 Å². The number of carbonyl (C=O) groups is 1. The first-order chi connectivity index (χ1) is 9.70. The summed E-state index contributed by atoms with van der Waals surface area (Å²) in [6.45, 7) is 1.44. The van der Waals surface area contributed by atoms with Crippen molar-refractivity contribution in [3.63, 3.8) is 0 Å². The van der Waals surface area contributed by atoms with Crippen molar-refractivity contribution in [2.75, 3.05) is 26.9 Å². The fourth-order valence-corrected chi connectivity index (χ4v) is 2.04. The Morgan fingerprint density at radius 1 is 1.40 bits per heavy atom. The van der Waals surface area contributed by atoms with Gasteiger partial charge in [-0.25, -0.2) is 4.39 Å². The Morgan fingerprint density at radius 2 is 2.20 bits per heavy atom. The van der Waals surface area contributed by atoms with Crippen LogP contribution in [0.3, 0.4) is 0 Å². The predicted molar refractivity (Wildman–Crippen MR) is 73.1 cm³/mol. The molecular formula is C15H20FNO3. The molecule has 0 saturated heterocycles. The van der Waals surface area contributed by atoms with Crippen LogP contribution in [0.4, 0.5) is 4.39 Å². The fourth-order valence-electron chi connectivity index (χ4n) is 2.04. The van der Waals surface area contributed by atoms with Crippen LogP contribution in [0.2, 0.25) is 0 Å². The van der Waals surface area contributed by atoms with Crippen LogP contribution in [0, 0.1) is 5.82 Å². The summed E-state index contributed by atoms with van der Waals surface area (Å²) < 4.78 is 23.4. The van der Waals surface area contributed by atoms with Gasteiger partial charge in [0.2, 0.25) is 5.91 Å². The van der Waals surface area contributed by atoms with Crippen LogP contribution in [-0.4, -0.2) is 43.7 Å². The summed E-state index contributed by atoms with van der Waals surface area (Å²) in [6, 6.07) is 6.30. The Bertz CT molecular complexity index is 448. The van der Waals surface area contributed by atoms with E-state index in [9.17, 15) is 9.18 Å². The van der Waals surface area contributed by atoms with Crippen molar-refractivity contribution < 1.29 is 18.7 Å². The number of hydrogen-bond donors (Lipinski definition) is 0. The van der Waals surface area contributed by atoms with Gasteiger partial charge in [-0.3, -0.25) is 4.79 Å². The maximum atomic E-state index is 13.0. The van der Waals surface area contributed by atoms with Crippen LogP contribution in [-0.2, 0) is 9.53 Å². The number of hydrogen-bond acceptors (Lipinski definition) is 3. The molecular weight excluding hydrogens is 261 g/mol. The van der Waals surface area contributed by atoms with Crippen LogP contribution in [0.1, 0.15) is 19.3 Å². The molecule has 0 heterocycles. The highest BCUT2D eigenvalue weighted by molar-refractivity contribution is 5.77. The number of halogens is 1. The minimum Gasteiger partial charge on any atom is -0.493 e. The summed E-state index contributed by atoms with van der Waals surface area (Å²) in [4.78, 5) is 14.0. The molecule has 0 atom stereocenters. The molecule has 1 aliphatic carbocycles.